The van der Waals surface area contributed by atoms with Crippen LogP contribution in [-0.2, 0) is 9.47 Å². The van der Waals surface area contributed by atoms with E-state index in [0.29, 0.717) is 17.9 Å². The van der Waals surface area contributed by atoms with Crippen LogP contribution in [-0.4, -0.2) is 38.9 Å². The van der Waals surface area contributed by atoms with Crippen molar-refractivity contribution in [3.63, 3.8) is 0 Å². The Morgan fingerprint density at radius 1 is 1.32 bits per heavy atom. The fourth-order valence-electron chi connectivity index (χ4n) is 2.85. The summed E-state index contributed by atoms with van der Waals surface area (Å²) in [6, 6.07) is 5.66. The predicted octanol–water partition coefficient (Wildman–Crippen LogP) is 2.70. The number of nitrogens with one attached hydrogen (secondary N) is 1. The smallest absolute Gasteiger partial charge is 0.338 e. The van der Waals surface area contributed by atoms with E-state index in [0.717, 1.165) is 31.6 Å². The summed E-state index contributed by atoms with van der Waals surface area (Å²) in [4.78, 5) is 11.8. The van der Waals surface area contributed by atoms with Crippen molar-refractivity contribution in [3.8, 4) is 5.75 Å². The van der Waals surface area contributed by atoms with Gasteiger partial charge in [0, 0.05) is 18.2 Å². The van der Waals surface area contributed by atoms with Gasteiger partial charge in [0.05, 0.1) is 25.4 Å². The van der Waals surface area contributed by atoms with Crippen molar-refractivity contribution in [2.75, 3.05) is 26.9 Å². The average molecular weight is 307 g/mol. The van der Waals surface area contributed by atoms with Gasteiger partial charge in [-0.05, 0) is 45.4 Å². The summed E-state index contributed by atoms with van der Waals surface area (Å²) in [5.41, 5.74) is 1.57. The molecule has 122 valence electrons. The molecule has 0 amide bonds. The summed E-state index contributed by atoms with van der Waals surface area (Å²) in [6.07, 6.45) is 2.20. The van der Waals surface area contributed by atoms with Gasteiger partial charge in [0.1, 0.15) is 5.75 Å². The SMILES string of the molecule is CCOC(=O)c1ccc([C@@H]2CC(OCC)CCN2)c(OC)c1. The molecule has 0 aromatic heterocycles. The topological polar surface area (TPSA) is 56.8 Å². The van der Waals surface area contributed by atoms with Crippen LogP contribution in [0.2, 0.25) is 0 Å². The van der Waals surface area contributed by atoms with E-state index < -0.39 is 0 Å². The molecule has 2 rings (SSSR count). The quantitative estimate of drug-likeness (QED) is 0.819. The molecule has 5 heteroatoms. The maximum absolute atomic E-state index is 11.8. The van der Waals surface area contributed by atoms with Gasteiger partial charge < -0.3 is 19.5 Å². The third-order valence-corrected chi connectivity index (χ3v) is 3.88. The molecular formula is C17H25NO4. The molecule has 2 atom stereocenters. The highest BCUT2D eigenvalue weighted by Gasteiger charge is 2.25. The Hall–Kier alpha value is -1.59. The van der Waals surface area contributed by atoms with Gasteiger partial charge >= 0.3 is 5.97 Å². The van der Waals surface area contributed by atoms with Crippen LogP contribution in [0.25, 0.3) is 0 Å². The molecule has 0 radical (unpaired) electrons. The first kappa shape index (κ1) is 16.8. The van der Waals surface area contributed by atoms with Gasteiger partial charge in [0.15, 0.2) is 0 Å². The van der Waals surface area contributed by atoms with E-state index in [1.807, 2.05) is 13.0 Å². The van der Waals surface area contributed by atoms with E-state index in [4.69, 9.17) is 14.2 Å². The van der Waals surface area contributed by atoms with Crippen molar-refractivity contribution in [3.05, 3.63) is 29.3 Å². The number of carbonyl (C=O) groups excluding carboxylic acids is 1. The molecular weight excluding hydrogens is 282 g/mol. The molecule has 1 unspecified atom stereocenters. The lowest BCUT2D eigenvalue weighted by Crippen LogP contribution is -2.35. The highest BCUT2D eigenvalue weighted by molar-refractivity contribution is 5.90. The molecule has 0 bridgehead atoms. The highest BCUT2D eigenvalue weighted by Crippen LogP contribution is 2.32. The number of methoxy groups -OCH3 is 1. The summed E-state index contributed by atoms with van der Waals surface area (Å²) < 4.78 is 16.3. The van der Waals surface area contributed by atoms with Crippen LogP contribution < -0.4 is 10.1 Å². The van der Waals surface area contributed by atoms with Crippen molar-refractivity contribution in [2.45, 2.75) is 38.8 Å². The Morgan fingerprint density at radius 3 is 2.82 bits per heavy atom. The van der Waals surface area contributed by atoms with Crippen LogP contribution in [0.4, 0.5) is 0 Å². The Kier molecular flexibility index (Phi) is 6.21. The number of carbonyl (C=O) groups is 1. The zero-order valence-electron chi connectivity index (χ0n) is 13.6. The predicted molar refractivity (Wildman–Crippen MR) is 84.3 cm³/mol. The second kappa shape index (κ2) is 8.15. The second-order valence-electron chi connectivity index (χ2n) is 5.29. The third-order valence-electron chi connectivity index (χ3n) is 3.88. The molecule has 1 aliphatic heterocycles. The summed E-state index contributed by atoms with van der Waals surface area (Å²) >= 11 is 0. The van der Waals surface area contributed by atoms with Crippen molar-refractivity contribution in [1.82, 2.24) is 5.32 Å². The maximum atomic E-state index is 11.8. The van der Waals surface area contributed by atoms with Crippen molar-refractivity contribution >= 4 is 5.97 Å². The van der Waals surface area contributed by atoms with Gasteiger partial charge in [-0.2, -0.15) is 0 Å². The van der Waals surface area contributed by atoms with Gasteiger partial charge in [0.2, 0.25) is 0 Å². The number of benzene rings is 1. The van der Waals surface area contributed by atoms with Crippen molar-refractivity contribution in [2.24, 2.45) is 0 Å². The summed E-state index contributed by atoms with van der Waals surface area (Å²) in [5, 5.41) is 3.50. The second-order valence-corrected chi connectivity index (χ2v) is 5.29. The summed E-state index contributed by atoms with van der Waals surface area (Å²) in [5.74, 6) is 0.386. The number of rotatable bonds is 6. The average Bonchev–Trinajstić information content (AvgIpc) is 2.55. The van der Waals surface area contributed by atoms with Crippen LogP contribution >= 0.6 is 0 Å². The number of esters is 1. The van der Waals surface area contributed by atoms with E-state index in [-0.39, 0.29) is 18.1 Å². The van der Waals surface area contributed by atoms with Crippen LogP contribution in [0.1, 0.15) is 48.7 Å². The van der Waals surface area contributed by atoms with E-state index in [9.17, 15) is 4.79 Å². The molecule has 5 nitrogen and oxygen atoms in total. The van der Waals surface area contributed by atoms with Crippen molar-refractivity contribution < 1.29 is 19.0 Å². The molecule has 0 saturated carbocycles. The molecule has 1 saturated heterocycles. The number of piperidine rings is 1. The maximum Gasteiger partial charge on any atom is 0.338 e. The Morgan fingerprint density at radius 2 is 2.14 bits per heavy atom. The van der Waals surface area contributed by atoms with Gasteiger partial charge in [-0.3, -0.25) is 0 Å². The lowest BCUT2D eigenvalue weighted by Gasteiger charge is -2.31. The molecule has 1 N–H and O–H groups in total. The minimum Gasteiger partial charge on any atom is -0.496 e. The molecule has 1 aromatic rings. The normalized spacial score (nSPS) is 21.4. The van der Waals surface area contributed by atoms with Crippen LogP contribution in [0, 0.1) is 0 Å². The largest absolute Gasteiger partial charge is 0.496 e. The van der Waals surface area contributed by atoms with Crippen LogP contribution in [0.3, 0.4) is 0 Å². The van der Waals surface area contributed by atoms with Crippen LogP contribution in [0.5, 0.6) is 5.75 Å². The Balaban J connectivity index is 2.18. The Bertz CT molecular complexity index is 501. The zero-order chi connectivity index (χ0) is 15.9. The van der Waals surface area contributed by atoms with Gasteiger partial charge in [0.25, 0.3) is 0 Å². The summed E-state index contributed by atoms with van der Waals surface area (Å²) in [7, 11) is 1.62. The number of hydrogen-bond acceptors (Lipinski definition) is 5. The molecule has 1 aromatic carbocycles. The number of ether oxygens (including phenoxy) is 3. The standard InChI is InChI=1S/C17H25NO4/c1-4-21-13-8-9-18-15(11-13)14-7-6-12(10-16(14)20-3)17(19)22-5-2/h6-7,10,13,15,18H,4-5,8-9,11H2,1-3H3/t13?,15-/m0/s1. The van der Waals surface area contributed by atoms with E-state index >= 15 is 0 Å². The van der Waals surface area contributed by atoms with E-state index in [1.54, 1.807) is 26.2 Å². The Labute approximate surface area is 131 Å². The van der Waals surface area contributed by atoms with Gasteiger partial charge in [-0.15, -0.1) is 0 Å². The molecule has 1 fully saturated rings. The minimum absolute atomic E-state index is 0.177. The first-order valence-corrected chi connectivity index (χ1v) is 7.89. The molecule has 0 aliphatic carbocycles. The number of hydrogen-bond donors (Lipinski definition) is 1. The lowest BCUT2D eigenvalue weighted by molar-refractivity contribution is 0.0294. The molecule has 1 heterocycles. The molecule has 1 aliphatic rings. The van der Waals surface area contributed by atoms with Gasteiger partial charge in [-0.25, -0.2) is 4.79 Å². The van der Waals surface area contributed by atoms with E-state index in [2.05, 4.69) is 5.32 Å². The lowest BCUT2D eigenvalue weighted by atomic mass is 9.94. The first-order valence-electron chi connectivity index (χ1n) is 7.89. The minimum atomic E-state index is -0.323. The van der Waals surface area contributed by atoms with Gasteiger partial charge in [-0.1, -0.05) is 6.07 Å². The summed E-state index contributed by atoms with van der Waals surface area (Å²) in [6.45, 7) is 5.83. The molecule has 22 heavy (non-hydrogen) atoms. The van der Waals surface area contributed by atoms with E-state index in [1.165, 1.54) is 0 Å². The third kappa shape index (κ3) is 3.99. The fraction of sp³-hybridized carbons (Fsp3) is 0.588. The van der Waals surface area contributed by atoms with Crippen LogP contribution in [0.15, 0.2) is 18.2 Å². The molecule has 0 spiro atoms. The fourth-order valence-corrected chi connectivity index (χ4v) is 2.85. The zero-order valence-corrected chi connectivity index (χ0v) is 13.6. The highest BCUT2D eigenvalue weighted by atomic mass is 16.5. The monoisotopic (exact) mass is 307 g/mol. The first-order chi connectivity index (χ1) is 10.7. The van der Waals surface area contributed by atoms with Crippen molar-refractivity contribution in [1.29, 1.82) is 0 Å².